The number of benzene rings is 2. The highest BCUT2D eigenvalue weighted by Gasteiger charge is 2.30. The fourth-order valence-corrected chi connectivity index (χ4v) is 4.05. The topological polar surface area (TPSA) is 95.6 Å². The lowest BCUT2D eigenvalue weighted by molar-refractivity contribution is -0.117. The standard InChI is InChI=1S/C18H18ClN3O4S/c1-11-15-9-14(7-8-16(15)21-18(11)24)27(25,26)22(2)10-17(23)20-13-5-3-12(19)4-6-13/h3-9,11H,10H2,1-2H3,(H,20,23)(H,21,24)/t11-/m0/s1. The van der Waals surface area contributed by atoms with Gasteiger partial charge in [0.05, 0.1) is 17.4 Å². The summed E-state index contributed by atoms with van der Waals surface area (Å²) in [6.07, 6.45) is 0. The Bertz CT molecular complexity index is 1010. The van der Waals surface area contributed by atoms with Crippen molar-refractivity contribution in [3.8, 4) is 0 Å². The first-order valence-electron chi connectivity index (χ1n) is 8.15. The van der Waals surface area contributed by atoms with Gasteiger partial charge in [-0.25, -0.2) is 8.42 Å². The Hall–Kier alpha value is -2.42. The van der Waals surface area contributed by atoms with Crippen molar-refractivity contribution in [2.75, 3.05) is 24.2 Å². The second-order valence-corrected chi connectivity index (χ2v) is 8.76. The summed E-state index contributed by atoms with van der Waals surface area (Å²) in [5, 5.41) is 5.85. The predicted molar refractivity (Wildman–Crippen MR) is 103 cm³/mol. The predicted octanol–water partition coefficient (Wildman–Crippen LogP) is 2.65. The zero-order valence-corrected chi connectivity index (χ0v) is 16.3. The maximum Gasteiger partial charge on any atom is 0.243 e. The number of rotatable bonds is 5. The Morgan fingerprint density at radius 2 is 1.89 bits per heavy atom. The summed E-state index contributed by atoms with van der Waals surface area (Å²) in [7, 11) is -2.55. The molecule has 142 valence electrons. The molecule has 7 nitrogen and oxygen atoms in total. The van der Waals surface area contributed by atoms with Crippen LogP contribution in [0.3, 0.4) is 0 Å². The van der Waals surface area contributed by atoms with Crippen molar-refractivity contribution in [3.63, 3.8) is 0 Å². The molecule has 0 spiro atoms. The van der Waals surface area contributed by atoms with E-state index in [9.17, 15) is 18.0 Å². The van der Waals surface area contributed by atoms with Crippen LogP contribution in [0.1, 0.15) is 18.4 Å². The third-order valence-electron chi connectivity index (χ3n) is 4.34. The van der Waals surface area contributed by atoms with Gasteiger partial charge in [0.15, 0.2) is 0 Å². The van der Waals surface area contributed by atoms with Crippen LogP contribution in [0, 0.1) is 0 Å². The lowest BCUT2D eigenvalue weighted by Crippen LogP contribution is -2.35. The highest BCUT2D eigenvalue weighted by atomic mass is 35.5. The van der Waals surface area contributed by atoms with Crippen molar-refractivity contribution >= 4 is 44.8 Å². The molecule has 27 heavy (non-hydrogen) atoms. The Morgan fingerprint density at radius 1 is 1.22 bits per heavy atom. The molecular weight excluding hydrogens is 390 g/mol. The van der Waals surface area contributed by atoms with Crippen molar-refractivity contribution in [2.45, 2.75) is 17.7 Å². The van der Waals surface area contributed by atoms with Crippen LogP contribution < -0.4 is 10.6 Å². The van der Waals surface area contributed by atoms with Crippen molar-refractivity contribution in [1.29, 1.82) is 0 Å². The van der Waals surface area contributed by atoms with Gasteiger partial charge in [-0.1, -0.05) is 11.6 Å². The number of hydrogen-bond acceptors (Lipinski definition) is 4. The molecule has 0 saturated carbocycles. The van der Waals surface area contributed by atoms with Gasteiger partial charge in [-0.15, -0.1) is 0 Å². The van der Waals surface area contributed by atoms with E-state index in [1.54, 1.807) is 37.3 Å². The van der Waals surface area contributed by atoms with Gasteiger partial charge in [0, 0.05) is 23.4 Å². The number of halogens is 1. The SMILES string of the molecule is C[C@@H]1C(=O)Nc2ccc(S(=O)(=O)N(C)CC(=O)Nc3ccc(Cl)cc3)cc21. The van der Waals surface area contributed by atoms with Crippen molar-refractivity contribution < 1.29 is 18.0 Å². The Balaban J connectivity index is 1.74. The molecule has 0 aromatic heterocycles. The molecule has 2 aromatic carbocycles. The van der Waals surface area contributed by atoms with Crippen LogP contribution >= 0.6 is 11.6 Å². The van der Waals surface area contributed by atoms with Crippen molar-refractivity contribution in [2.24, 2.45) is 0 Å². The van der Waals surface area contributed by atoms with Crippen LogP contribution in [0.25, 0.3) is 0 Å². The Kier molecular flexibility index (Phi) is 5.23. The molecule has 2 N–H and O–H groups in total. The van der Waals surface area contributed by atoms with Gasteiger partial charge in [0.1, 0.15) is 0 Å². The highest BCUT2D eigenvalue weighted by Crippen LogP contribution is 2.34. The van der Waals surface area contributed by atoms with Crippen LogP contribution in [0.4, 0.5) is 11.4 Å². The van der Waals surface area contributed by atoms with E-state index in [0.717, 1.165) is 4.31 Å². The van der Waals surface area contributed by atoms with Crippen LogP contribution in [0.15, 0.2) is 47.4 Å². The van der Waals surface area contributed by atoms with E-state index in [1.807, 2.05) is 0 Å². The fraction of sp³-hybridized carbons (Fsp3) is 0.222. The average molecular weight is 408 g/mol. The van der Waals surface area contributed by atoms with Crippen LogP contribution in [-0.4, -0.2) is 38.1 Å². The highest BCUT2D eigenvalue weighted by molar-refractivity contribution is 7.89. The fourth-order valence-electron chi connectivity index (χ4n) is 2.76. The van der Waals surface area contributed by atoms with E-state index in [2.05, 4.69) is 10.6 Å². The van der Waals surface area contributed by atoms with Gasteiger partial charge in [0.2, 0.25) is 21.8 Å². The zero-order chi connectivity index (χ0) is 19.8. The Morgan fingerprint density at radius 3 is 2.56 bits per heavy atom. The molecule has 2 amide bonds. The molecule has 0 radical (unpaired) electrons. The largest absolute Gasteiger partial charge is 0.325 e. The van der Waals surface area contributed by atoms with Crippen LogP contribution in [-0.2, 0) is 19.6 Å². The first-order chi connectivity index (χ1) is 12.7. The number of nitrogens with zero attached hydrogens (tertiary/aromatic N) is 1. The molecule has 9 heteroatoms. The second-order valence-electron chi connectivity index (χ2n) is 6.28. The first kappa shape index (κ1) is 19.3. The van der Waals surface area contributed by atoms with Gasteiger partial charge in [-0.05, 0) is 55.0 Å². The summed E-state index contributed by atoms with van der Waals surface area (Å²) in [6.45, 7) is 1.36. The summed E-state index contributed by atoms with van der Waals surface area (Å²) in [5.74, 6) is -1.07. The molecule has 1 atom stereocenters. The number of hydrogen-bond donors (Lipinski definition) is 2. The van der Waals surface area contributed by atoms with Crippen molar-refractivity contribution in [3.05, 3.63) is 53.1 Å². The second kappa shape index (κ2) is 7.30. The van der Waals surface area contributed by atoms with E-state index >= 15 is 0 Å². The van der Waals surface area contributed by atoms with Crippen LogP contribution in [0.5, 0.6) is 0 Å². The average Bonchev–Trinajstić information content (AvgIpc) is 2.90. The molecule has 2 aromatic rings. The maximum atomic E-state index is 12.8. The molecular formula is C18H18ClN3O4S. The van der Waals surface area contributed by atoms with Gasteiger partial charge in [0.25, 0.3) is 0 Å². The van der Waals surface area contributed by atoms with Gasteiger partial charge >= 0.3 is 0 Å². The number of fused-ring (bicyclic) bond motifs is 1. The molecule has 0 bridgehead atoms. The molecule has 0 unspecified atom stereocenters. The normalized spacial score (nSPS) is 16.1. The quantitative estimate of drug-likeness (QED) is 0.796. The summed E-state index contributed by atoms with van der Waals surface area (Å²) < 4.78 is 26.5. The molecule has 3 rings (SSSR count). The van der Waals surface area contributed by atoms with Gasteiger partial charge in [-0.2, -0.15) is 4.31 Å². The monoisotopic (exact) mass is 407 g/mol. The maximum absolute atomic E-state index is 12.8. The minimum Gasteiger partial charge on any atom is -0.325 e. The number of carbonyl (C=O) groups is 2. The third-order valence-corrected chi connectivity index (χ3v) is 6.39. The van der Waals surface area contributed by atoms with E-state index < -0.39 is 21.8 Å². The lowest BCUT2D eigenvalue weighted by atomic mass is 10.0. The molecule has 1 aliphatic heterocycles. The van der Waals surface area contributed by atoms with E-state index in [-0.39, 0.29) is 17.3 Å². The third kappa shape index (κ3) is 3.97. The number of anilines is 2. The van der Waals surface area contributed by atoms with Gasteiger partial charge in [-0.3, -0.25) is 9.59 Å². The molecule has 0 saturated heterocycles. The molecule has 0 fully saturated rings. The van der Waals surface area contributed by atoms with E-state index in [0.29, 0.717) is 22.0 Å². The van der Waals surface area contributed by atoms with E-state index in [4.69, 9.17) is 11.6 Å². The first-order valence-corrected chi connectivity index (χ1v) is 9.97. The molecule has 1 aliphatic rings. The number of likely N-dealkylation sites (N-methyl/N-ethyl adjacent to an activating group) is 1. The summed E-state index contributed by atoms with van der Waals surface area (Å²) in [4.78, 5) is 23.9. The number of amides is 2. The summed E-state index contributed by atoms with van der Waals surface area (Å²) in [5.41, 5.74) is 1.75. The lowest BCUT2D eigenvalue weighted by Gasteiger charge is -2.17. The van der Waals surface area contributed by atoms with Crippen molar-refractivity contribution in [1.82, 2.24) is 4.31 Å². The zero-order valence-electron chi connectivity index (χ0n) is 14.7. The molecule has 0 aliphatic carbocycles. The summed E-state index contributed by atoms with van der Waals surface area (Å²) in [6, 6.07) is 10.9. The minimum absolute atomic E-state index is 0.0337. The number of nitrogens with one attached hydrogen (secondary N) is 2. The summed E-state index contributed by atoms with van der Waals surface area (Å²) >= 11 is 5.79. The number of sulfonamides is 1. The van der Waals surface area contributed by atoms with Crippen LogP contribution in [0.2, 0.25) is 5.02 Å². The Labute approximate surface area is 162 Å². The smallest absolute Gasteiger partial charge is 0.243 e. The number of carbonyl (C=O) groups excluding carboxylic acids is 2. The van der Waals surface area contributed by atoms with Gasteiger partial charge < -0.3 is 10.6 Å². The minimum atomic E-state index is -3.88. The van der Waals surface area contributed by atoms with E-state index in [1.165, 1.54) is 19.2 Å². The molecule has 1 heterocycles.